The van der Waals surface area contributed by atoms with Crippen molar-refractivity contribution in [3.8, 4) is 0 Å². The van der Waals surface area contributed by atoms with Crippen LogP contribution >= 0.6 is 7.82 Å². The third-order valence-electron chi connectivity index (χ3n) is 13.2. The maximum absolute atomic E-state index is 13.0. The van der Waals surface area contributed by atoms with E-state index in [0.717, 1.165) is 89.9 Å². The van der Waals surface area contributed by atoms with E-state index in [2.05, 4.69) is 116 Å². The Morgan fingerprint density at radius 3 is 1.23 bits per heavy atom. The average molecular weight is 1070 g/mol. The molecule has 0 aromatic heterocycles. The summed E-state index contributed by atoms with van der Waals surface area (Å²) in [6, 6.07) is -0.872. The molecule has 0 bridgehead atoms. The van der Waals surface area contributed by atoms with E-state index in [-0.39, 0.29) is 19.1 Å². The number of hydrogen-bond donors (Lipinski definition) is 3. The Bertz CT molecular complexity index is 1590. The SMILES string of the molecule is CC/C=C\C/C=C\C/C=C\C/C=C\C/C=C\C/C=C\CCCCCCCCCCCCCCCCCCCCCCCCC(=O)NC(COP(=O)(O)OCC[N+](C)(C)C)C(O)/C=C/CC/C=C/CC/C=C/CCCC. The van der Waals surface area contributed by atoms with Crippen LogP contribution in [0.5, 0.6) is 0 Å². The van der Waals surface area contributed by atoms with Crippen LogP contribution in [0, 0.1) is 0 Å². The summed E-state index contributed by atoms with van der Waals surface area (Å²) in [6.45, 7) is 4.62. The maximum Gasteiger partial charge on any atom is 0.472 e. The largest absolute Gasteiger partial charge is 0.472 e. The zero-order chi connectivity index (χ0) is 54.9. The van der Waals surface area contributed by atoms with Gasteiger partial charge in [-0.3, -0.25) is 13.8 Å². The van der Waals surface area contributed by atoms with Crippen molar-refractivity contribution in [3.63, 3.8) is 0 Å². The number of rotatable bonds is 55. The molecule has 75 heavy (non-hydrogen) atoms. The van der Waals surface area contributed by atoms with E-state index in [1.165, 1.54) is 141 Å². The number of aliphatic hydroxyl groups excluding tert-OH is 1. The molecule has 0 aliphatic rings. The highest BCUT2D eigenvalue weighted by atomic mass is 31.2. The van der Waals surface area contributed by atoms with Crippen LogP contribution in [0.1, 0.15) is 251 Å². The fourth-order valence-corrected chi connectivity index (χ4v) is 9.15. The summed E-state index contributed by atoms with van der Waals surface area (Å²) in [5, 5.41) is 13.8. The highest BCUT2D eigenvalue weighted by Crippen LogP contribution is 2.43. The smallest absolute Gasteiger partial charge is 0.387 e. The van der Waals surface area contributed by atoms with Crippen molar-refractivity contribution >= 4 is 13.7 Å². The number of phosphoric acid groups is 1. The Kier molecular flexibility index (Phi) is 53.8. The standard InChI is InChI=1S/C66H117N2O6P/c1-6-8-10-12-14-16-18-20-21-22-23-24-25-26-27-28-29-30-31-32-33-34-35-36-37-38-39-40-41-42-43-44-45-46-47-48-50-52-54-56-58-60-66(70)67-64(63-74-75(71,72)73-62-61-68(3,4)5)65(69)59-57-55-53-51-49-19-17-15-13-11-9-7-2/h8,10,13-16,20-21,23-24,26-27,29-30,49,51,57,59,64-65,69H,6-7,9,11-12,17-19,22,25,28,31-48,50,52-56,58,60-63H2,1-5H3,(H-,67,70,71,72)/p+1/b10-8-,15-13+,16-14-,21-20-,24-23-,27-26-,30-29-,51-49+,59-57+. The highest BCUT2D eigenvalue weighted by Gasteiger charge is 2.27. The first-order valence-corrected chi connectivity index (χ1v) is 32.3. The molecule has 0 saturated heterocycles. The number of likely N-dealkylation sites (N-methyl/N-ethyl adjacent to an activating group) is 1. The zero-order valence-electron chi connectivity index (χ0n) is 49.3. The lowest BCUT2D eigenvalue weighted by atomic mass is 10.0. The van der Waals surface area contributed by atoms with Gasteiger partial charge < -0.3 is 19.8 Å². The van der Waals surface area contributed by atoms with Gasteiger partial charge in [-0.15, -0.1) is 0 Å². The van der Waals surface area contributed by atoms with Crippen molar-refractivity contribution < 1.29 is 32.9 Å². The second-order valence-electron chi connectivity index (χ2n) is 21.7. The van der Waals surface area contributed by atoms with Gasteiger partial charge in [-0.05, 0) is 89.9 Å². The Hall–Kier alpha value is -2.84. The summed E-state index contributed by atoms with van der Waals surface area (Å²) in [5.41, 5.74) is 0. The molecule has 0 saturated carbocycles. The molecule has 9 heteroatoms. The molecule has 1 amide bonds. The quantitative estimate of drug-likeness (QED) is 0.0243. The summed E-state index contributed by atoms with van der Waals surface area (Å²) in [7, 11) is 1.54. The van der Waals surface area contributed by atoms with Gasteiger partial charge in [0.1, 0.15) is 13.2 Å². The molecule has 3 N–H and O–H groups in total. The topological polar surface area (TPSA) is 105 Å². The third-order valence-corrected chi connectivity index (χ3v) is 14.2. The summed E-state index contributed by atoms with van der Waals surface area (Å²) >= 11 is 0. The Morgan fingerprint density at radius 1 is 0.467 bits per heavy atom. The Morgan fingerprint density at radius 2 is 0.813 bits per heavy atom. The summed E-state index contributed by atoms with van der Waals surface area (Å²) in [5.74, 6) is -0.192. The third kappa shape index (κ3) is 58.7. The van der Waals surface area contributed by atoms with E-state index in [1.54, 1.807) is 6.08 Å². The minimum Gasteiger partial charge on any atom is -0.387 e. The fourth-order valence-electron chi connectivity index (χ4n) is 8.42. The molecule has 0 radical (unpaired) electrons. The Balaban J connectivity index is 3.91. The molecule has 0 fully saturated rings. The predicted molar refractivity (Wildman–Crippen MR) is 327 cm³/mol. The number of carbonyl (C=O) groups is 1. The molecule has 0 heterocycles. The van der Waals surface area contributed by atoms with Gasteiger partial charge in [0, 0.05) is 6.42 Å². The number of aliphatic hydroxyl groups is 1. The molecule has 3 unspecified atom stereocenters. The van der Waals surface area contributed by atoms with Gasteiger partial charge in [0.15, 0.2) is 0 Å². The lowest BCUT2D eigenvalue weighted by Gasteiger charge is -2.25. The van der Waals surface area contributed by atoms with E-state index in [9.17, 15) is 19.4 Å². The predicted octanol–water partition coefficient (Wildman–Crippen LogP) is 19.2. The number of phosphoric ester groups is 1. The van der Waals surface area contributed by atoms with Crippen LogP contribution in [-0.4, -0.2) is 73.4 Å². The number of amides is 1. The minimum atomic E-state index is -4.36. The molecule has 0 aromatic carbocycles. The molecular formula is C66H118N2O6P+. The molecular weight excluding hydrogens is 948 g/mol. The molecule has 0 aliphatic heterocycles. The number of nitrogens with zero attached hydrogens (tertiary/aromatic N) is 1. The van der Waals surface area contributed by atoms with Gasteiger partial charge in [-0.1, -0.05) is 264 Å². The van der Waals surface area contributed by atoms with Gasteiger partial charge in [-0.2, -0.15) is 0 Å². The second-order valence-corrected chi connectivity index (χ2v) is 23.1. The van der Waals surface area contributed by atoms with Gasteiger partial charge >= 0.3 is 7.82 Å². The lowest BCUT2D eigenvalue weighted by molar-refractivity contribution is -0.870. The van der Waals surface area contributed by atoms with Crippen molar-refractivity contribution in [2.45, 2.75) is 264 Å². The fraction of sp³-hybridized carbons (Fsp3) is 0.712. The Labute approximate surface area is 463 Å². The highest BCUT2D eigenvalue weighted by molar-refractivity contribution is 7.47. The maximum atomic E-state index is 13.0. The normalized spacial score (nSPS) is 14.6. The van der Waals surface area contributed by atoms with E-state index < -0.39 is 20.0 Å². The van der Waals surface area contributed by atoms with E-state index >= 15 is 0 Å². The lowest BCUT2D eigenvalue weighted by Crippen LogP contribution is -2.45. The first-order chi connectivity index (χ1) is 36.5. The van der Waals surface area contributed by atoms with Gasteiger partial charge in [0.25, 0.3) is 0 Å². The molecule has 0 spiro atoms. The first kappa shape index (κ1) is 72.2. The average Bonchev–Trinajstić information content (AvgIpc) is 3.37. The molecule has 3 atom stereocenters. The van der Waals surface area contributed by atoms with Crippen LogP contribution in [0.3, 0.4) is 0 Å². The van der Waals surface area contributed by atoms with E-state index in [0.29, 0.717) is 17.4 Å². The van der Waals surface area contributed by atoms with Crippen molar-refractivity contribution in [1.29, 1.82) is 0 Å². The first-order valence-electron chi connectivity index (χ1n) is 30.8. The molecule has 8 nitrogen and oxygen atoms in total. The van der Waals surface area contributed by atoms with Gasteiger partial charge in [0.2, 0.25) is 5.91 Å². The number of hydrogen-bond acceptors (Lipinski definition) is 5. The number of carbonyl (C=O) groups excluding carboxylic acids is 1. The molecule has 0 aromatic rings. The van der Waals surface area contributed by atoms with Crippen LogP contribution in [0.25, 0.3) is 0 Å². The number of allylic oxidation sites excluding steroid dienone is 17. The summed E-state index contributed by atoms with van der Waals surface area (Å²) in [4.78, 5) is 23.2. The van der Waals surface area contributed by atoms with Crippen LogP contribution in [0.15, 0.2) is 109 Å². The van der Waals surface area contributed by atoms with Gasteiger partial charge in [-0.25, -0.2) is 4.57 Å². The number of unbranched alkanes of at least 4 members (excludes halogenated alkanes) is 26. The van der Waals surface area contributed by atoms with E-state index in [1.807, 2.05) is 27.2 Å². The summed E-state index contributed by atoms with van der Waals surface area (Å²) < 4.78 is 23.6. The monoisotopic (exact) mass is 1070 g/mol. The van der Waals surface area contributed by atoms with E-state index in [4.69, 9.17) is 9.05 Å². The van der Waals surface area contributed by atoms with Crippen LogP contribution in [0.2, 0.25) is 0 Å². The minimum absolute atomic E-state index is 0.0510. The number of quaternary nitrogens is 1. The molecule has 0 aliphatic carbocycles. The van der Waals surface area contributed by atoms with Crippen molar-refractivity contribution in [3.05, 3.63) is 109 Å². The summed E-state index contributed by atoms with van der Waals surface area (Å²) in [6.07, 6.45) is 82.3. The van der Waals surface area contributed by atoms with Crippen molar-refractivity contribution in [2.75, 3.05) is 40.9 Å². The van der Waals surface area contributed by atoms with Crippen LogP contribution in [0.4, 0.5) is 0 Å². The van der Waals surface area contributed by atoms with Crippen LogP contribution < -0.4 is 5.32 Å². The van der Waals surface area contributed by atoms with Crippen molar-refractivity contribution in [1.82, 2.24) is 5.32 Å². The van der Waals surface area contributed by atoms with Crippen LogP contribution in [-0.2, 0) is 18.4 Å². The van der Waals surface area contributed by atoms with Crippen molar-refractivity contribution in [2.24, 2.45) is 0 Å². The van der Waals surface area contributed by atoms with Gasteiger partial charge in [0.05, 0.1) is 39.9 Å². The zero-order valence-corrected chi connectivity index (χ0v) is 50.1. The number of nitrogens with one attached hydrogen (secondary N) is 1. The molecule has 432 valence electrons. The second kappa shape index (κ2) is 55.9. The molecule has 0 rings (SSSR count).